The van der Waals surface area contributed by atoms with Crippen molar-refractivity contribution in [3.8, 4) is 0 Å². The third-order valence-corrected chi connectivity index (χ3v) is 15.4. The molecule has 0 N–H and O–H groups in total. The molecule has 0 bridgehead atoms. The lowest BCUT2D eigenvalue weighted by Gasteiger charge is -2.30. The van der Waals surface area contributed by atoms with Gasteiger partial charge in [0.1, 0.15) is 0 Å². The van der Waals surface area contributed by atoms with Crippen LogP contribution in [0.3, 0.4) is 0 Å². The van der Waals surface area contributed by atoms with Gasteiger partial charge in [-0.25, -0.2) is 0 Å². The molecule has 0 aromatic heterocycles. The SMILES string of the molecule is C[Si]1(C)C[SiH2]C1. The van der Waals surface area contributed by atoms with Crippen molar-refractivity contribution < 1.29 is 0 Å². The Balaban J connectivity index is 2.31. The van der Waals surface area contributed by atoms with Crippen LogP contribution in [0.15, 0.2) is 0 Å². The van der Waals surface area contributed by atoms with E-state index in [0.29, 0.717) is 9.52 Å². The molecule has 0 aromatic carbocycles. The number of hydrogen-bond donors (Lipinski definition) is 0. The van der Waals surface area contributed by atoms with Gasteiger partial charge in [-0.15, -0.1) is 0 Å². The van der Waals surface area contributed by atoms with Gasteiger partial charge < -0.3 is 0 Å². The van der Waals surface area contributed by atoms with Gasteiger partial charge in [0.25, 0.3) is 0 Å². The maximum atomic E-state index is 2.50. The Morgan fingerprint density at radius 1 is 1.33 bits per heavy atom. The van der Waals surface area contributed by atoms with Crippen molar-refractivity contribution in [2.24, 2.45) is 0 Å². The fourth-order valence-corrected chi connectivity index (χ4v) is 7.95. The molecule has 0 saturated carbocycles. The largest absolute Gasteiger partial charge is 0.0698 e. The zero-order chi connectivity index (χ0) is 4.62. The van der Waals surface area contributed by atoms with Crippen LogP contribution in [0.5, 0.6) is 0 Å². The van der Waals surface area contributed by atoms with Crippen molar-refractivity contribution in [2.75, 3.05) is 0 Å². The van der Waals surface area contributed by atoms with E-state index in [0.717, 1.165) is 0 Å². The lowest BCUT2D eigenvalue weighted by atomic mass is 11.7. The van der Waals surface area contributed by atoms with E-state index in [4.69, 9.17) is 0 Å². The maximum Gasteiger partial charge on any atom is 0.0410 e. The summed E-state index contributed by atoms with van der Waals surface area (Å²) < 4.78 is 0. The first-order chi connectivity index (χ1) is 2.71. The van der Waals surface area contributed by atoms with E-state index >= 15 is 0 Å². The first kappa shape index (κ1) is 4.59. The molecule has 1 aliphatic heterocycles. The molecule has 36 valence electrons. The second-order valence-corrected chi connectivity index (χ2v) is 12.1. The Labute approximate surface area is 42.8 Å². The average molecular weight is 116 g/mol. The lowest BCUT2D eigenvalue weighted by molar-refractivity contribution is 1.47. The van der Waals surface area contributed by atoms with Crippen molar-refractivity contribution in [1.82, 2.24) is 0 Å². The van der Waals surface area contributed by atoms with Gasteiger partial charge in [0, 0.05) is 17.6 Å². The lowest BCUT2D eigenvalue weighted by Crippen LogP contribution is -2.39. The average Bonchev–Trinajstić information content (AvgIpc) is 1.32. The third-order valence-electron chi connectivity index (χ3n) is 1.71. The van der Waals surface area contributed by atoms with Gasteiger partial charge in [0.2, 0.25) is 0 Å². The van der Waals surface area contributed by atoms with Crippen LogP contribution < -0.4 is 0 Å². The maximum absolute atomic E-state index is 2.50. The van der Waals surface area contributed by atoms with Crippen LogP contribution in [0.25, 0.3) is 0 Å². The van der Waals surface area contributed by atoms with Crippen LogP contribution in [0.1, 0.15) is 0 Å². The monoisotopic (exact) mass is 116 g/mol. The molecule has 0 nitrogen and oxygen atoms in total. The summed E-state index contributed by atoms with van der Waals surface area (Å²) in [5.41, 5.74) is 3.46. The van der Waals surface area contributed by atoms with Gasteiger partial charge in [-0.1, -0.05) is 24.4 Å². The van der Waals surface area contributed by atoms with Gasteiger partial charge in [-0.05, 0) is 0 Å². The van der Waals surface area contributed by atoms with Gasteiger partial charge in [0.15, 0.2) is 0 Å². The summed E-state index contributed by atoms with van der Waals surface area (Å²) in [6, 6.07) is 0. The molecule has 0 atom stereocenters. The summed E-state index contributed by atoms with van der Waals surface area (Å²) in [6.07, 6.45) is 0. The van der Waals surface area contributed by atoms with E-state index in [1.165, 1.54) is 0 Å². The second-order valence-electron chi connectivity index (χ2n) is 3.02. The molecule has 0 aromatic rings. The number of hydrogen-bond acceptors (Lipinski definition) is 0. The summed E-state index contributed by atoms with van der Waals surface area (Å²) in [5, 5.41) is 0. The summed E-state index contributed by atoms with van der Waals surface area (Å²) in [7, 11) is 0.174. The number of rotatable bonds is 0. The molecule has 0 radical (unpaired) electrons. The van der Waals surface area contributed by atoms with Gasteiger partial charge in [0.05, 0.1) is 0 Å². The van der Waals surface area contributed by atoms with Crippen molar-refractivity contribution in [3.63, 3.8) is 0 Å². The topological polar surface area (TPSA) is 0 Å². The Morgan fingerprint density at radius 2 is 1.67 bits per heavy atom. The quantitative estimate of drug-likeness (QED) is 0.411. The molecular weight excluding hydrogens is 104 g/mol. The standard InChI is InChI=1S/C4H12Si2/c1-6(2)3-5-4-6/h3-5H2,1-2H3. The molecule has 0 amide bonds. The summed E-state index contributed by atoms with van der Waals surface area (Å²) >= 11 is 0. The second kappa shape index (κ2) is 1.20. The van der Waals surface area contributed by atoms with Gasteiger partial charge >= 0.3 is 0 Å². The molecule has 0 spiro atoms. The van der Waals surface area contributed by atoms with E-state index in [2.05, 4.69) is 13.1 Å². The minimum atomic E-state index is -0.389. The summed E-state index contributed by atoms with van der Waals surface area (Å²) in [6.45, 7) is 5.01. The highest BCUT2D eigenvalue weighted by molar-refractivity contribution is 6.98. The highest BCUT2D eigenvalue weighted by Gasteiger charge is 2.27. The predicted molar refractivity (Wildman–Crippen MR) is 35.6 cm³/mol. The van der Waals surface area contributed by atoms with E-state index in [1.54, 1.807) is 11.3 Å². The van der Waals surface area contributed by atoms with Crippen molar-refractivity contribution >= 4 is 17.6 Å². The Kier molecular flexibility index (Phi) is 0.918. The normalized spacial score (nSPS) is 29.0. The molecule has 2 heteroatoms. The fraction of sp³-hybridized carbons (Fsp3) is 1.00. The van der Waals surface area contributed by atoms with Crippen LogP contribution in [0, 0.1) is 0 Å². The minimum Gasteiger partial charge on any atom is -0.0698 e. The van der Waals surface area contributed by atoms with Crippen LogP contribution >= 0.6 is 0 Å². The molecule has 1 heterocycles. The third kappa shape index (κ3) is 0.735. The highest BCUT2D eigenvalue weighted by atomic mass is 28.4. The minimum absolute atomic E-state index is 0.389. The molecule has 1 rings (SSSR count). The van der Waals surface area contributed by atoms with Gasteiger partial charge in [-0.3, -0.25) is 0 Å². The Morgan fingerprint density at radius 3 is 1.67 bits per heavy atom. The van der Waals surface area contributed by atoms with Crippen LogP contribution in [0.2, 0.25) is 24.4 Å². The summed E-state index contributed by atoms with van der Waals surface area (Å²) in [5.74, 6) is 0. The van der Waals surface area contributed by atoms with E-state index < -0.39 is 0 Å². The van der Waals surface area contributed by atoms with Gasteiger partial charge in [-0.2, -0.15) is 0 Å². The Bertz CT molecular complexity index is 52.6. The highest BCUT2D eigenvalue weighted by Crippen LogP contribution is 2.23. The smallest absolute Gasteiger partial charge is 0.0410 e. The first-order valence-corrected chi connectivity index (χ1v) is 8.12. The zero-order valence-electron chi connectivity index (χ0n) is 4.62. The van der Waals surface area contributed by atoms with Crippen molar-refractivity contribution in [1.29, 1.82) is 0 Å². The molecular formula is C4H12Si2. The molecule has 1 fully saturated rings. The van der Waals surface area contributed by atoms with Crippen molar-refractivity contribution in [3.05, 3.63) is 0 Å². The van der Waals surface area contributed by atoms with Crippen molar-refractivity contribution in [2.45, 2.75) is 24.4 Å². The molecule has 1 aliphatic rings. The van der Waals surface area contributed by atoms with E-state index in [-0.39, 0.29) is 8.07 Å². The predicted octanol–water partition coefficient (Wildman–Crippen LogP) is 0.792. The zero-order valence-corrected chi connectivity index (χ0v) is 7.04. The van der Waals surface area contributed by atoms with E-state index in [9.17, 15) is 0 Å². The first-order valence-electron chi connectivity index (χ1n) is 2.71. The molecule has 0 aliphatic carbocycles. The van der Waals surface area contributed by atoms with Crippen LogP contribution in [-0.2, 0) is 0 Å². The van der Waals surface area contributed by atoms with E-state index in [1.807, 2.05) is 0 Å². The molecule has 1 saturated heterocycles. The molecule has 0 unspecified atom stereocenters. The molecule has 6 heavy (non-hydrogen) atoms. The van der Waals surface area contributed by atoms with Crippen LogP contribution in [0.4, 0.5) is 0 Å². The van der Waals surface area contributed by atoms with Crippen LogP contribution in [-0.4, -0.2) is 17.6 Å². The summed E-state index contributed by atoms with van der Waals surface area (Å²) in [4.78, 5) is 0. The fourth-order valence-electron chi connectivity index (χ4n) is 0.884. The Hall–Kier alpha value is 0.434.